The van der Waals surface area contributed by atoms with Gasteiger partial charge in [-0.25, -0.2) is 21.9 Å². The number of hydrogen-bond donors (Lipinski definition) is 2. The molecule has 10 heteroatoms. The van der Waals surface area contributed by atoms with Crippen molar-refractivity contribution in [3.8, 4) is 0 Å². The molecular weight excluding hydrogens is 414 g/mol. The summed E-state index contributed by atoms with van der Waals surface area (Å²) in [4.78, 5) is 12.1. The van der Waals surface area contributed by atoms with Gasteiger partial charge in [0, 0.05) is 30.5 Å². The number of carbonyl (C=O) groups is 1. The number of anilines is 1. The van der Waals surface area contributed by atoms with Crippen molar-refractivity contribution in [3.63, 3.8) is 0 Å². The molecule has 1 saturated heterocycles. The average molecular weight is 431 g/mol. The number of hydrogen-bond acceptors (Lipinski definition) is 4. The molecule has 0 spiro atoms. The molecule has 1 heterocycles. The van der Waals surface area contributed by atoms with Crippen molar-refractivity contribution >= 4 is 33.2 Å². The zero-order valence-electron chi connectivity index (χ0n) is 14.5. The topological polar surface area (TPSA) is 84.5 Å². The maximum absolute atomic E-state index is 13.3. The standard InChI is InChI=1S/C18H17ClF2N2O4S/c19-16-4-3-11(18(24)23-14-8-12(20)7-13(21)9-14)6-17(16)28(25,26)22-10-15-2-1-5-27-15/h3-4,6-9,15,22H,1-2,5,10H2,(H,23,24)/t15-/m1/s1. The molecule has 0 saturated carbocycles. The summed E-state index contributed by atoms with van der Waals surface area (Å²) in [7, 11) is -3.98. The van der Waals surface area contributed by atoms with Crippen LogP contribution in [0, 0.1) is 11.6 Å². The monoisotopic (exact) mass is 430 g/mol. The maximum atomic E-state index is 13.3. The van der Waals surface area contributed by atoms with E-state index in [0.717, 1.165) is 31.0 Å². The van der Waals surface area contributed by atoms with Crippen molar-refractivity contribution in [1.29, 1.82) is 0 Å². The number of amides is 1. The molecule has 0 radical (unpaired) electrons. The van der Waals surface area contributed by atoms with Gasteiger partial charge < -0.3 is 10.1 Å². The van der Waals surface area contributed by atoms with Gasteiger partial charge in [-0.3, -0.25) is 4.79 Å². The highest BCUT2D eigenvalue weighted by molar-refractivity contribution is 7.89. The first-order valence-corrected chi connectivity index (χ1v) is 10.3. The summed E-state index contributed by atoms with van der Waals surface area (Å²) in [5.74, 6) is -2.45. The first kappa shape index (κ1) is 20.7. The Balaban J connectivity index is 1.78. The van der Waals surface area contributed by atoms with Gasteiger partial charge in [0.05, 0.1) is 11.1 Å². The Kier molecular flexibility index (Phi) is 6.29. The van der Waals surface area contributed by atoms with E-state index in [1.54, 1.807) is 0 Å². The van der Waals surface area contributed by atoms with E-state index >= 15 is 0 Å². The lowest BCUT2D eigenvalue weighted by molar-refractivity contribution is 0.102. The van der Waals surface area contributed by atoms with Crippen LogP contribution in [0.15, 0.2) is 41.3 Å². The summed E-state index contributed by atoms with van der Waals surface area (Å²) in [6.07, 6.45) is 1.41. The highest BCUT2D eigenvalue weighted by Gasteiger charge is 2.23. The van der Waals surface area contributed by atoms with E-state index in [1.165, 1.54) is 12.1 Å². The van der Waals surface area contributed by atoms with Crippen LogP contribution in [0.1, 0.15) is 23.2 Å². The van der Waals surface area contributed by atoms with Gasteiger partial charge in [0.1, 0.15) is 16.5 Å². The van der Waals surface area contributed by atoms with Crippen LogP contribution in [0.4, 0.5) is 14.5 Å². The zero-order valence-corrected chi connectivity index (χ0v) is 16.1. The van der Waals surface area contributed by atoms with Gasteiger partial charge in [-0.05, 0) is 43.2 Å². The average Bonchev–Trinajstić information content (AvgIpc) is 3.13. The lowest BCUT2D eigenvalue weighted by Gasteiger charge is -2.13. The fraction of sp³-hybridized carbons (Fsp3) is 0.278. The molecule has 150 valence electrons. The minimum Gasteiger partial charge on any atom is -0.377 e. The normalized spacial score (nSPS) is 16.9. The minimum absolute atomic E-state index is 0.0356. The van der Waals surface area contributed by atoms with Gasteiger partial charge in [0.25, 0.3) is 5.91 Å². The van der Waals surface area contributed by atoms with Gasteiger partial charge in [-0.2, -0.15) is 0 Å². The Bertz CT molecular complexity index is 975. The van der Waals surface area contributed by atoms with E-state index in [-0.39, 0.29) is 33.8 Å². The summed E-state index contributed by atoms with van der Waals surface area (Å²) in [6, 6.07) is 6.23. The van der Waals surface area contributed by atoms with Gasteiger partial charge in [0.2, 0.25) is 10.0 Å². The lowest BCUT2D eigenvalue weighted by atomic mass is 10.2. The first-order chi connectivity index (χ1) is 13.2. The highest BCUT2D eigenvalue weighted by atomic mass is 35.5. The second-order valence-corrected chi connectivity index (χ2v) is 8.39. The van der Waals surface area contributed by atoms with Gasteiger partial charge in [-0.15, -0.1) is 0 Å². The molecule has 0 aromatic heterocycles. The molecule has 1 atom stereocenters. The molecule has 28 heavy (non-hydrogen) atoms. The van der Waals surface area contributed by atoms with Crippen LogP contribution in [0.25, 0.3) is 0 Å². The predicted octanol–water partition coefficient (Wildman–Crippen LogP) is 3.33. The highest BCUT2D eigenvalue weighted by Crippen LogP contribution is 2.24. The van der Waals surface area contributed by atoms with Crippen LogP contribution in [-0.4, -0.2) is 33.6 Å². The second-order valence-electron chi connectivity index (χ2n) is 6.24. The quantitative estimate of drug-likeness (QED) is 0.736. The van der Waals surface area contributed by atoms with Crippen LogP contribution in [0.2, 0.25) is 5.02 Å². The lowest BCUT2D eigenvalue weighted by Crippen LogP contribution is -2.32. The smallest absolute Gasteiger partial charge is 0.255 e. The third-order valence-corrected chi connectivity index (χ3v) is 6.03. The fourth-order valence-corrected chi connectivity index (χ4v) is 4.36. The molecule has 1 fully saturated rings. The van der Waals surface area contributed by atoms with E-state index < -0.39 is 27.6 Å². The molecule has 1 amide bonds. The van der Waals surface area contributed by atoms with E-state index in [1.807, 2.05) is 0 Å². The molecule has 0 bridgehead atoms. The molecule has 0 unspecified atom stereocenters. The molecule has 2 N–H and O–H groups in total. The summed E-state index contributed by atoms with van der Waals surface area (Å²) >= 11 is 6.00. The summed E-state index contributed by atoms with van der Waals surface area (Å²) in [5.41, 5.74) is -0.134. The van der Waals surface area contributed by atoms with Crippen LogP contribution >= 0.6 is 11.6 Å². The van der Waals surface area contributed by atoms with Crippen molar-refractivity contribution in [2.75, 3.05) is 18.5 Å². The molecule has 2 aromatic rings. The summed E-state index contributed by atoms with van der Waals surface area (Å²) < 4.78 is 59.4. The molecular formula is C18H17ClF2N2O4S. The SMILES string of the molecule is O=C(Nc1cc(F)cc(F)c1)c1ccc(Cl)c(S(=O)(=O)NC[C@H]2CCCO2)c1. The Morgan fingerprint density at radius 3 is 2.54 bits per heavy atom. The molecule has 1 aliphatic rings. The van der Waals surface area contributed by atoms with E-state index in [0.29, 0.717) is 12.7 Å². The number of nitrogens with one attached hydrogen (secondary N) is 2. The van der Waals surface area contributed by atoms with Crippen molar-refractivity contribution in [2.45, 2.75) is 23.8 Å². The van der Waals surface area contributed by atoms with E-state index in [4.69, 9.17) is 16.3 Å². The molecule has 0 aliphatic carbocycles. The van der Waals surface area contributed by atoms with Crippen molar-refractivity contribution in [2.24, 2.45) is 0 Å². The van der Waals surface area contributed by atoms with Crippen molar-refractivity contribution in [1.82, 2.24) is 4.72 Å². The van der Waals surface area contributed by atoms with Gasteiger partial charge in [0.15, 0.2) is 0 Å². The Morgan fingerprint density at radius 2 is 1.89 bits per heavy atom. The van der Waals surface area contributed by atoms with Gasteiger partial charge in [-0.1, -0.05) is 11.6 Å². The Hall–Kier alpha value is -2.07. The number of ether oxygens (including phenoxy) is 1. The molecule has 6 nitrogen and oxygen atoms in total. The molecule has 1 aliphatic heterocycles. The number of sulfonamides is 1. The summed E-state index contributed by atoms with van der Waals surface area (Å²) in [6.45, 7) is 0.682. The maximum Gasteiger partial charge on any atom is 0.255 e. The summed E-state index contributed by atoms with van der Waals surface area (Å²) in [5, 5.41) is 2.26. The fourth-order valence-electron chi connectivity index (χ4n) is 2.77. The number of halogens is 3. The largest absolute Gasteiger partial charge is 0.377 e. The number of benzene rings is 2. The van der Waals surface area contributed by atoms with Crippen molar-refractivity contribution < 1.29 is 26.7 Å². The second kappa shape index (κ2) is 8.52. The number of carbonyl (C=O) groups excluding carboxylic acids is 1. The van der Waals surface area contributed by atoms with Crippen LogP contribution in [0.5, 0.6) is 0 Å². The first-order valence-electron chi connectivity index (χ1n) is 8.43. The Labute approximate surface area is 165 Å². The minimum atomic E-state index is -3.98. The van der Waals surface area contributed by atoms with E-state index in [9.17, 15) is 22.0 Å². The van der Waals surface area contributed by atoms with Gasteiger partial charge >= 0.3 is 0 Å². The third-order valence-electron chi connectivity index (χ3n) is 4.13. The van der Waals surface area contributed by atoms with Crippen molar-refractivity contribution in [3.05, 3.63) is 58.6 Å². The zero-order chi connectivity index (χ0) is 20.3. The van der Waals surface area contributed by atoms with Crippen LogP contribution in [-0.2, 0) is 14.8 Å². The molecule has 2 aromatic carbocycles. The Morgan fingerprint density at radius 1 is 1.18 bits per heavy atom. The van der Waals surface area contributed by atoms with Crippen LogP contribution in [0.3, 0.4) is 0 Å². The molecule has 3 rings (SSSR count). The van der Waals surface area contributed by atoms with Crippen LogP contribution < -0.4 is 10.0 Å². The number of rotatable bonds is 6. The third kappa shape index (κ3) is 5.05. The predicted molar refractivity (Wildman–Crippen MR) is 99.9 cm³/mol. The van der Waals surface area contributed by atoms with E-state index in [2.05, 4.69) is 10.0 Å².